The lowest BCUT2D eigenvalue weighted by Crippen LogP contribution is -2.23. The predicted octanol–water partition coefficient (Wildman–Crippen LogP) is 3.69. The van der Waals surface area contributed by atoms with Crippen LogP contribution in [0, 0.1) is 20.8 Å². The van der Waals surface area contributed by atoms with E-state index in [2.05, 4.69) is 24.2 Å². The number of hydrogen-bond acceptors (Lipinski definition) is 2. The Bertz CT molecular complexity index is 686. The summed E-state index contributed by atoms with van der Waals surface area (Å²) in [6.07, 6.45) is -0.653. The van der Waals surface area contributed by atoms with E-state index < -0.39 is 6.10 Å². The van der Waals surface area contributed by atoms with E-state index in [0.717, 1.165) is 16.8 Å². The highest BCUT2D eigenvalue weighted by Gasteiger charge is 2.07. The third kappa shape index (κ3) is 5.84. The maximum Gasteiger partial charge on any atom is 0.193 e. The van der Waals surface area contributed by atoms with Crippen molar-refractivity contribution < 1.29 is 5.11 Å². The molecule has 0 saturated heterocycles. The van der Waals surface area contributed by atoms with Gasteiger partial charge in [0.15, 0.2) is 5.96 Å². The van der Waals surface area contributed by atoms with E-state index in [1.54, 1.807) is 0 Å². The zero-order valence-electron chi connectivity index (χ0n) is 13.7. The molecular formula is C18H24IN3O. The molecule has 4 nitrogen and oxygen atoms in total. The van der Waals surface area contributed by atoms with Crippen molar-refractivity contribution in [3.63, 3.8) is 0 Å². The zero-order valence-corrected chi connectivity index (χ0v) is 16.0. The Morgan fingerprint density at radius 2 is 1.87 bits per heavy atom. The van der Waals surface area contributed by atoms with Gasteiger partial charge in [0, 0.05) is 5.69 Å². The van der Waals surface area contributed by atoms with Crippen molar-refractivity contribution in [2.24, 2.45) is 10.7 Å². The van der Waals surface area contributed by atoms with Gasteiger partial charge in [-0.3, -0.25) is 4.99 Å². The largest absolute Gasteiger partial charge is 0.386 e. The molecule has 0 aliphatic rings. The lowest BCUT2D eigenvalue weighted by atomic mass is 10.1. The highest BCUT2D eigenvalue weighted by molar-refractivity contribution is 14.0. The van der Waals surface area contributed by atoms with E-state index >= 15 is 0 Å². The summed E-state index contributed by atoms with van der Waals surface area (Å²) in [6.45, 7) is 6.34. The first kappa shape index (κ1) is 19.4. The molecule has 0 radical (unpaired) electrons. The number of aliphatic hydroxyl groups is 1. The summed E-state index contributed by atoms with van der Waals surface area (Å²) in [5, 5.41) is 13.2. The number of aliphatic hydroxyl groups excluding tert-OH is 1. The Hall–Kier alpha value is -1.60. The third-order valence-corrected chi connectivity index (χ3v) is 3.64. The van der Waals surface area contributed by atoms with Gasteiger partial charge in [0.25, 0.3) is 0 Å². The van der Waals surface area contributed by atoms with Crippen molar-refractivity contribution in [1.29, 1.82) is 0 Å². The number of nitrogens with two attached hydrogens (primary N) is 1. The van der Waals surface area contributed by atoms with Crippen LogP contribution in [0.3, 0.4) is 0 Å². The molecule has 1 atom stereocenters. The molecule has 0 fully saturated rings. The number of guanidine groups is 1. The molecule has 2 aromatic rings. The van der Waals surface area contributed by atoms with Crippen LogP contribution >= 0.6 is 24.0 Å². The molecule has 0 spiro atoms. The van der Waals surface area contributed by atoms with Crippen molar-refractivity contribution in [1.82, 2.24) is 0 Å². The molecule has 23 heavy (non-hydrogen) atoms. The Balaban J connectivity index is 0.00000264. The molecule has 2 aromatic carbocycles. The van der Waals surface area contributed by atoms with Crippen LogP contribution in [0.2, 0.25) is 0 Å². The van der Waals surface area contributed by atoms with Gasteiger partial charge in [0.1, 0.15) is 0 Å². The van der Waals surface area contributed by atoms with Gasteiger partial charge in [0.2, 0.25) is 0 Å². The molecular weight excluding hydrogens is 401 g/mol. The Morgan fingerprint density at radius 1 is 1.13 bits per heavy atom. The molecule has 0 bridgehead atoms. The monoisotopic (exact) mass is 425 g/mol. The van der Waals surface area contributed by atoms with Crippen molar-refractivity contribution in [3.05, 3.63) is 64.7 Å². The summed E-state index contributed by atoms with van der Waals surface area (Å²) in [6, 6.07) is 13.8. The van der Waals surface area contributed by atoms with Gasteiger partial charge >= 0.3 is 0 Å². The second kappa shape index (κ2) is 8.88. The number of nitrogens with one attached hydrogen (secondary N) is 1. The number of benzene rings is 2. The van der Waals surface area contributed by atoms with E-state index in [1.165, 1.54) is 11.1 Å². The smallest absolute Gasteiger partial charge is 0.193 e. The Morgan fingerprint density at radius 3 is 2.52 bits per heavy atom. The second-order valence-corrected chi connectivity index (χ2v) is 5.58. The second-order valence-electron chi connectivity index (χ2n) is 5.58. The fourth-order valence-corrected chi connectivity index (χ4v) is 2.17. The Labute approximate surface area is 154 Å². The average Bonchev–Trinajstić information content (AvgIpc) is 2.48. The van der Waals surface area contributed by atoms with Gasteiger partial charge in [-0.25, -0.2) is 0 Å². The summed E-state index contributed by atoms with van der Waals surface area (Å²) >= 11 is 0. The number of aryl methyl sites for hydroxylation is 3. The van der Waals surface area contributed by atoms with Crippen molar-refractivity contribution in [2.75, 3.05) is 11.9 Å². The molecule has 0 amide bonds. The number of hydrogen-bond donors (Lipinski definition) is 3. The van der Waals surface area contributed by atoms with Crippen LogP contribution in [0.15, 0.2) is 47.5 Å². The van der Waals surface area contributed by atoms with Crippen molar-refractivity contribution in [3.8, 4) is 0 Å². The van der Waals surface area contributed by atoms with E-state index in [9.17, 15) is 5.11 Å². The number of anilines is 1. The summed E-state index contributed by atoms with van der Waals surface area (Å²) < 4.78 is 0. The molecule has 0 aromatic heterocycles. The lowest BCUT2D eigenvalue weighted by molar-refractivity contribution is 0.187. The minimum absolute atomic E-state index is 0. The van der Waals surface area contributed by atoms with E-state index in [-0.39, 0.29) is 30.5 Å². The molecule has 2 rings (SSSR count). The van der Waals surface area contributed by atoms with Crippen LogP contribution in [0.4, 0.5) is 5.69 Å². The standard InChI is InChI=1S/C18H23N3O.HI/c1-12-5-4-6-15(9-12)17(22)11-20-18(19)21-16-8-7-13(2)14(3)10-16;/h4-10,17,22H,11H2,1-3H3,(H3,19,20,21);1H. The molecule has 5 heteroatoms. The average molecular weight is 425 g/mol. The first-order valence-corrected chi connectivity index (χ1v) is 7.34. The fourth-order valence-electron chi connectivity index (χ4n) is 2.17. The van der Waals surface area contributed by atoms with Crippen molar-refractivity contribution in [2.45, 2.75) is 26.9 Å². The summed E-state index contributed by atoms with van der Waals surface area (Å²) in [7, 11) is 0. The molecule has 0 heterocycles. The normalized spacial score (nSPS) is 12.4. The summed E-state index contributed by atoms with van der Waals surface area (Å²) in [5.74, 6) is 0.301. The molecule has 1 unspecified atom stereocenters. The summed E-state index contributed by atoms with van der Waals surface area (Å²) in [5.41, 5.74) is 11.2. The first-order chi connectivity index (χ1) is 10.5. The van der Waals surface area contributed by atoms with Crippen LogP contribution in [-0.4, -0.2) is 17.6 Å². The van der Waals surface area contributed by atoms with Gasteiger partial charge < -0.3 is 16.2 Å². The van der Waals surface area contributed by atoms with E-state index in [4.69, 9.17) is 5.73 Å². The van der Waals surface area contributed by atoms with E-state index in [1.807, 2.05) is 49.4 Å². The van der Waals surface area contributed by atoms with Gasteiger partial charge in [-0.05, 0) is 49.6 Å². The topological polar surface area (TPSA) is 70.6 Å². The lowest BCUT2D eigenvalue weighted by Gasteiger charge is -2.11. The molecule has 4 N–H and O–H groups in total. The van der Waals surface area contributed by atoms with Crippen LogP contribution in [0.1, 0.15) is 28.4 Å². The van der Waals surface area contributed by atoms with Gasteiger partial charge in [-0.1, -0.05) is 35.9 Å². The number of aliphatic imine (C=N–C) groups is 1. The third-order valence-electron chi connectivity index (χ3n) is 3.64. The number of nitrogens with zero attached hydrogens (tertiary/aromatic N) is 1. The highest BCUT2D eigenvalue weighted by atomic mass is 127. The van der Waals surface area contributed by atoms with Gasteiger partial charge in [0.05, 0.1) is 12.6 Å². The molecule has 0 aliphatic heterocycles. The van der Waals surface area contributed by atoms with Crippen LogP contribution in [0.5, 0.6) is 0 Å². The maximum absolute atomic E-state index is 10.2. The summed E-state index contributed by atoms with van der Waals surface area (Å²) in [4.78, 5) is 4.21. The zero-order chi connectivity index (χ0) is 16.1. The highest BCUT2D eigenvalue weighted by Crippen LogP contribution is 2.15. The SMILES string of the molecule is Cc1cccc(C(O)CN=C(N)Nc2ccc(C)c(C)c2)c1.I. The number of halogens is 1. The first-order valence-electron chi connectivity index (χ1n) is 7.34. The Kier molecular flexibility index (Phi) is 7.51. The van der Waals surface area contributed by atoms with Crippen LogP contribution < -0.4 is 11.1 Å². The quantitative estimate of drug-likeness (QED) is 0.398. The van der Waals surface area contributed by atoms with Crippen LogP contribution in [0.25, 0.3) is 0 Å². The molecule has 0 saturated carbocycles. The van der Waals surface area contributed by atoms with Gasteiger partial charge in [-0.15, -0.1) is 24.0 Å². The minimum atomic E-state index is -0.653. The predicted molar refractivity (Wildman–Crippen MR) is 108 cm³/mol. The number of rotatable bonds is 4. The molecule has 0 aliphatic carbocycles. The fraction of sp³-hybridized carbons (Fsp3) is 0.278. The minimum Gasteiger partial charge on any atom is -0.386 e. The van der Waals surface area contributed by atoms with Gasteiger partial charge in [-0.2, -0.15) is 0 Å². The van der Waals surface area contributed by atoms with Crippen molar-refractivity contribution >= 4 is 35.6 Å². The molecule has 124 valence electrons. The van der Waals surface area contributed by atoms with Crippen LogP contribution in [-0.2, 0) is 0 Å². The maximum atomic E-state index is 10.2. The van der Waals surface area contributed by atoms with E-state index in [0.29, 0.717) is 5.96 Å².